The predicted molar refractivity (Wildman–Crippen MR) is 123 cm³/mol. The Bertz CT molecular complexity index is 952. The van der Waals surface area contributed by atoms with Crippen LogP contribution < -0.4 is 10.6 Å². The van der Waals surface area contributed by atoms with Crippen molar-refractivity contribution in [1.82, 2.24) is 9.62 Å². The van der Waals surface area contributed by atoms with Crippen molar-refractivity contribution in [3.8, 4) is 0 Å². The Morgan fingerprint density at radius 1 is 1.09 bits per heavy atom. The Hall–Kier alpha value is -1.48. The molecule has 176 valence electrons. The van der Waals surface area contributed by atoms with Crippen molar-refractivity contribution in [1.29, 1.82) is 0 Å². The van der Waals surface area contributed by atoms with E-state index >= 15 is 0 Å². The van der Waals surface area contributed by atoms with E-state index in [0.717, 1.165) is 17.8 Å². The van der Waals surface area contributed by atoms with Crippen LogP contribution in [0.1, 0.15) is 51.0 Å². The lowest BCUT2D eigenvalue weighted by molar-refractivity contribution is -0.119. The van der Waals surface area contributed by atoms with Gasteiger partial charge in [-0.1, -0.05) is 6.07 Å². The molecule has 32 heavy (non-hydrogen) atoms. The van der Waals surface area contributed by atoms with Crippen LogP contribution in [0.25, 0.3) is 0 Å². The van der Waals surface area contributed by atoms with Crippen LogP contribution in [0.15, 0.2) is 23.1 Å². The van der Waals surface area contributed by atoms with Crippen LogP contribution in [0, 0.1) is 24.7 Å². The van der Waals surface area contributed by atoms with Gasteiger partial charge in [-0.05, 0) is 87.8 Å². The van der Waals surface area contributed by atoms with Crippen LogP contribution >= 0.6 is 0 Å². The molecule has 4 aliphatic carbocycles. The first kappa shape index (κ1) is 22.3. The predicted octanol–water partition coefficient (Wildman–Crippen LogP) is 2.90. The summed E-state index contributed by atoms with van der Waals surface area (Å²) in [6.07, 6.45) is 7.65. The molecule has 1 heterocycles. The van der Waals surface area contributed by atoms with E-state index in [0.29, 0.717) is 37.6 Å². The second kappa shape index (κ2) is 8.38. The van der Waals surface area contributed by atoms with Gasteiger partial charge in [-0.2, -0.15) is 4.31 Å². The van der Waals surface area contributed by atoms with E-state index in [1.807, 2.05) is 6.92 Å². The minimum absolute atomic E-state index is 0.101. The Balaban J connectivity index is 1.28. The first-order valence-corrected chi connectivity index (χ1v) is 13.5. The fraction of sp³-hybridized carbons (Fsp3) is 0.708. The molecule has 0 spiro atoms. The summed E-state index contributed by atoms with van der Waals surface area (Å²) in [7, 11) is -3.62. The van der Waals surface area contributed by atoms with Gasteiger partial charge in [-0.3, -0.25) is 4.79 Å². The van der Waals surface area contributed by atoms with Gasteiger partial charge in [0, 0.05) is 24.3 Å². The van der Waals surface area contributed by atoms with E-state index in [1.165, 1.54) is 42.8 Å². The number of aryl methyl sites for hydroxylation is 1. The maximum Gasteiger partial charge on any atom is 0.243 e. The molecule has 2 N–H and O–H groups in total. The van der Waals surface area contributed by atoms with Crippen LogP contribution in [0.5, 0.6) is 0 Å². The molecule has 1 unspecified atom stereocenters. The standard InChI is InChI=1S/C24H35N3O4S/c1-16-3-4-21(12-22(16)32(29,30)27-5-7-31-8-6-27)25-23(28)17(2)26-24-13-18-9-19(14-24)11-20(10-18)15-24/h3-4,12,17-20,26H,5-11,13-15H2,1-2H3,(H,25,28). The molecule has 1 aliphatic heterocycles. The van der Waals surface area contributed by atoms with Gasteiger partial charge in [0.2, 0.25) is 15.9 Å². The van der Waals surface area contributed by atoms with Gasteiger partial charge in [0.25, 0.3) is 0 Å². The fourth-order valence-corrected chi connectivity index (χ4v) is 8.60. The quantitative estimate of drug-likeness (QED) is 0.680. The van der Waals surface area contributed by atoms with E-state index in [1.54, 1.807) is 25.1 Å². The maximum absolute atomic E-state index is 13.1. The SMILES string of the molecule is Cc1ccc(NC(=O)C(C)NC23CC4CC(CC(C4)C2)C3)cc1S(=O)(=O)N1CCOCC1. The van der Waals surface area contributed by atoms with Crippen molar-refractivity contribution in [2.75, 3.05) is 31.6 Å². The molecule has 5 aliphatic rings. The largest absolute Gasteiger partial charge is 0.379 e. The summed E-state index contributed by atoms with van der Waals surface area (Å²) in [5.41, 5.74) is 1.30. The lowest BCUT2D eigenvalue weighted by Gasteiger charge is -2.57. The normalized spacial score (nSPS) is 33.2. The molecule has 1 aromatic rings. The summed E-state index contributed by atoms with van der Waals surface area (Å²) in [5.74, 6) is 2.33. The molecule has 1 amide bonds. The van der Waals surface area contributed by atoms with Crippen LogP contribution in [0.2, 0.25) is 0 Å². The monoisotopic (exact) mass is 461 g/mol. The third kappa shape index (κ3) is 4.22. The highest BCUT2D eigenvalue weighted by Crippen LogP contribution is 2.55. The van der Waals surface area contributed by atoms with Crippen molar-refractivity contribution in [2.45, 2.75) is 68.8 Å². The number of nitrogens with zero attached hydrogens (tertiary/aromatic N) is 1. The Morgan fingerprint density at radius 2 is 1.69 bits per heavy atom. The summed E-state index contributed by atoms with van der Waals surface area (Å²) >= 11 is 0. The topological polar surface area (TPSA) is 87.7 Å². The summed E-state index contributed by atoms with van der Waals surface area (Å²) in [6, 6.07) is 4.81. The molecule has 6 rings (SSSR count). The van der Waals surface area contributed by atoms with E-state index < -0.39 is 10.0 Å². The van der Waals surface area contributed by atoms with Gasteiger partial charge in [0.15, 0.2) is 0 Å². The Kier molecular flexibility index (Phi) is 5.85. The van der Waals surface area contributed by atoms with Gasteiger partial charge in [0.05, 0.1) is 24.2 Å². The minimum atomic E-state index is -3.62. The summed E-state index contributed by atoms with van der Waals surface area (Å²) in [5, 5.41) is 6.66. The molecule has 5 fully saturated rings. The number of nitrogens with one attached hydrogen (secondary N) is 2. The molecule has 8 heteroatoms. The zero-order valence-corrected chi connectivity index (χ0v) is 19.9. The van der Waals surface area contributed by atoms with Gasteiger partial charge in [-0.15, -0.1) is 0 Å². The molecule has 1 aromatic carbocycles. The zero-order chi connectivity index (χ0) is 22.5. The molecule has 4 bridgehead atoms. The number of anilines is 1. The lowest BCUT2D eigenvalue weighted by Crippen LogP contribution is -2.62. The summed E-state index contributed by atoms with van der Waals surface area (Å²) < 4.78 is 33.0. The zero-order valence-electron chi connectivity index (χ0n) is 19.1. The smallest absolute Gasteiger partial charge is 0.243 e. The highest BCUT2D eigenvalue weighted by atomic mass is 32.2. The number of rotatable bonds is 6. The summed E-state index contributed by atoms with van der Waals surface area (Å²) in [4.78, 5) is 13.3. The fourth-order valence-electron chi connectivity index (χ4n) is 6.94. The van der Waals surface area contributed by atoms with Gasteiger partial charge in [-0.25, -0.2) is 8.42 Å². The van der Waals surface area contributed by atoms with E-state index in [9.17, 15) is 13.2 Å². The Morgan fingerprint density at radius 3 is 2.28 bits per heavy atom. The number of carbonyl (C=O) groups excluding carboxylic acids is 1. The van der Waals surface area contributed by atoms with E-state index in [-0.39, 0.29) is 22.4 Å². The Labute approximate surface area is 191 Å². The van der Waals surface area contributed by atoms with Crippen molar-refractivity contribution in [2.24, 2.45) is 17.8 Å². The van der Waals surface area contributed by atoms with Gasteiger partial charge in [0.1, 0.15) is 0 Å². The van der Waals surface area contributed by atoms with Crippen LogP contribution in [0.3, 0.4) is 0 Å². The number of hydrogen-bond acceptors (Lipinski definition) is 5. The molecular formula is C24H35N3O4S. The number of amides is 1. The molecule has 7 nitrogen and oxygen atoms in total. The van der Waals surface area contributed by atoms with Crippen molar-refractivity contribution in [3.05, 3.63) is 23.8 Å². The second-order valence-electron chi connectivity index (χ2n) is 10.5. The molecular weight excluding hydrogens is 426 g/mol. The van der Waals surface area contributed by atoms with Gasteiger partial charge < -0.3 is 15.4 Å². The molecule has 1 saturated heterocycles. The van der Waals surface area contributed by atoms with Crippen molar-refractivity contribution < 1.29 is 17.9 Å². The number of carbonyl (C=O) groups is 1. The average Bonchev–Trinajstić information content (AvgIpc) is 2.74. The second-order valence-corrected chi connectivity index (χ2v) is 12.5. The van der Waals surface area contributed by atoms with Crippen LogP contribution in [-0.4, -0.2) is 56.5 Å². The lowest BCUT2D eigenvalue weighted by atomic mass is 9.53. The highest BCUT2D eigenvalue weighted by Gasteiger charge is 2.51. The maximum atomic E-state index is 13.1. The first-order chi connectivity index (χ1) is 15.2. The third-order valence-electron chi connectivity index (χ3n) is 8.00. The number of benzene rings is 1. The number of sulfonamides is 1. The number of morpholine rings is 1. The van der Waals surface area contributed by atoms with E-state index in [2.05, 4.69) is 10.6 Å². The van der Waals surface area contributed by atoms with Crippen molar-refractivity contribution in [3.63, 3.8) is 0 Å². The molecule has 0 radical (unpaired) electrons. The average molecular weight is 462 g/mol. The summed E-state index contributed by atoms with van der Waals surface area (Å²) in [6.45, 7) is 5.23. The molecule has 1 atom stereocenters. The molecule has 0 aromatic heterocycles. The highest BCUT2D eigenvalue weighted by molar-refractivity contribution is 7.89. The van der Waals surface area contributed by atoms with Gasteiger partial charge >= 0.3 is 0 Å². The van der Waals surface area contributed by atoms with E-state index in [4.69, 9.17) is 4.74 Å². The third-order valence-corrected chi connectivity index (χ3v) is 10.0. The minimum Gasteiger partial charge on any atom is -0.379 e. The van der Waals surface area contributed by atoms with Crippen LogP contribution in [-0.2, 0) is 19.6 Å². The molecule has 4 saturated carbocycles. The number of ether oxygens (including phenoxy) is 1. The van der Waals surface area contributed by atoms with Crippen molar-refractivity contribution >= 4 is 21.6 Å². The van der Waals surface area contributed by atoms with Crippen LogP contribution in [0.4, 0.5) is 5.69 Å². The first-order valence-electron chi connectivity index (χ1n) is 12.0. The number of hydrogen-bond donors (Lipinski definition) is 2.